The second-order valence-electron chi connectivity index (χ2n) is 7.66. The van der Waals surface area contributed by atoms with Crippen LogP contribution in [-0.4, -0.2) is 27.4 Å². The van der Waals surface area contributed by atoms with Crippen molar-refractivity contribution in [1.82, 2.24) is 4.98 Å². The number of carbonyl (C=O) groups excluding carboxylic acids is 2. The number of hydrogen-bond acceptors (Lipinski definition) is 4. The van der Waals surface area contributed by atoms with Gasteiger partial charge in [-0.25, -0.2) is 4.39 Å². The number of nitrogens with zero attached hydrogens (tertiary/aromatic N) is 4. The van der Waals surface area contributed by atoms with Gasteiger partial charge in [-0.15, -0.1) is 4.98 Å². The average molecular weight is 477 g/mol. The Kier molecular flexibility index (Phi) is 5.32. The summed E-state index contributed by atoms with van der Waals surface area (Å²) in [4.78, 5) is 33.4. The molecule has 170 valence electrons. The molecule has 0 radical (unpaired) electrons. The minimum Gasteiger partial charge on any atom is -0.360 e. The van der Waals surface area contributed by atoms with Gasteiger partial charge in [0.2, 0.25) is 5.91 Å². The van der Waals surface area contributed by atoms with E-state index in [-0.39, 0.29) is 22.2 Å². The van der Waals surface area contributed by atoms with Crippen molar-refractivity contribution < 1.29 is 27.2 Å². The Morgan fingerprint density at radius 1 is 1.27 bits per heavy atom. The largest absolute Gasteiger partial charge is 0.409 e. The van der Waals surface area contributed by atoms with Crippen molar-refractivity contribution >= 4 is 52.0 Å². The molecule has 0 unspecified atom stereocenters. The van der Waals surface area contributed by atoms with E-state index in [1.807, 2.05) is 0 Å². The van der Waals surface area contributed by atoms with Crippen LogP contribution in [0.15, 0.2) is 30.5 Å². The highest BCUT2D eigenvalue weighted by Gasteiger charge is 2.60. The minimum absolute atomic E-state index is 0.0593. The molecule has 2 heterocycles. The van der Waals surface area contributed by atoms with E-state index in [0.717, 1.165) is 17.2 Å². The van der Waals surface area contributed by atoms with E-state index in [1.54, 1.807) is 0 Å². The van der Waals surface area contributed by atoms with Crippen LogP contribution in [0.1, 0.15) is 31.7 Å². The molecule has 1 saturated heterocycles. The molecule has 12 heteroatoms. The summed E-state index contributed by atoms with van der Waals surface area (Å²) < 4.78 is 54.9. The summed E-state index contributed by atoms with van der Waals surface area (Å²) in [7, 11) is 0. The standard InChI is InChI=1S/C21H15F4N5O2S/c1-11(31)28-16-5-4-12(9-15(16)22)30-19(33)29(18(32)20(30)6-3-7-20)13-8-14(21(23,24)25)17(26-2)27-10-13/h4-5,8-10H,3,6-7H2,1H3,(H,28,31). The molecule has 1 aliphatic heterocycles. The van der Waals surface area contributed by atoms with Crippen molar-refractivity contribution in [3.8, 4) is 0 Å². The molecule has 2 aromatic rings. The summed E-state index contributed by atoms with van der Waals surface area (Å²) in [6.45, 7) is 8.16. The van der Waals surface area contributed by atoms with Crippen LogP contribution in [0.25, 0.3) is 4.85 Å². The summed E-state index contributed by atoms with van der Waals surface area (Å²) in [5, 5.41) is 2.22. The van der Waals surface area contributed by atoms with Crippen LogP contribution in [0.4, 0.5) is 40.4 Å². The van der Waals surface area contributed by atoms with E-state index in [4.69, 9.17) is 18.8 Å². The number of alkyl halides is 3. The number of carbonyl (C=O) groups is 2. The van der Waals surface area contributed by atoms with Gasteiger partial charge in [-0.05, 0) is 55.7 Å². The third kappa shape index (κ3) is 3.58. The zero-order chi connectivity index (χ0) is 24.1. The van der Waals surface area contributed by atoms with Gasteiger partial charge in [-0.3, -0.25) is 14.5 Å². The van der Waals surface area contributed by atoms with Crippen LogP contribution in [0.2, 0.25) is 0 Å². The number of thiocarbonyl (C=S) groups is 1. The first kappa shape index (κ1) is 22.6. The third-order valence-electron chi connectivity index (χ3n) is 5.64. The number of pyridine rings is 1. The topological polar surface area (TPSA) is 69.9 Å². The van der Waals surface area contributed by atoms with E-state index < -0.39 is 40.7 Å². The predicted octanol–water partition coefficient (Wildman–Crippen LogP) is 4.81. The molecule has 1 aromatic heterocycles. The molecule has 0 atom stereocenters. The quantitative estimate of drug-likeness (QED) is 0.390. The molecule has 1 aromatic carbocycles. The molecule has 1 spiro atoms. The molecule has 1 saturated carbocycles. The number of amides is 2. The molecular weight excluding hydrogens is 462 g/mol. The van der Waals surface area contributed by atoms with Gasteiger partial charge in [0.15, 0.2) is 5.11 Å². The maximum atomic E-state index is 14.6. The monoisotopic (exact) mass is 477 g/mol. The van der Waals surface area contributed by atoms with Crippen molar-refractivity contribution in [3.63, 3.8) is 0 Å². The van der Waals surface area contributed by atoms with Crippen molar-refractivity contribution in [2.45, 2.75) is 37.9 Å². The first-order chi connectivity index (χ1) is 15.5. The van der Waals surface area contributed by atoms with Crippen molar-refractivity contribution in [2.24, 2.45) is 0 Å². The van der Waals surface area contributed by atoms with Gasteiger partial charge >= 0.3 is 6.18 Å². The SMILES string of the molecule is [C-]#[N+]c1ncc(N2C(=O)C3(CCC3)N(c3ccc(NC(C)=O)c(F)c3)C2=S)cc1C(F)(F)F. The molecule has 7 nitrogen and oxygen atoms in total. The number of hydrogen-bond donors (Lipinski definition) is 1. The van der Waals surface area contributed by atoms with Crippen LogP contribution in [0.5, 0.6) is 0 Å². The van der Waals surface area contributed by atoms with E-state index in [0.29, 0.717) is 25.3 Å². The smallest absolute Gasteiger partial charge is 0.360 e. The molecule has 0 bridgehead atoms. The Morgan fingerprint density at radius 3 is 2.48 bits per heavy atom. The van der Waals surface area contributed by atoms with Gasteiger partial charge in [-0.1, -0.05) is 6.57 Å². The maximum Gasteiger partial charge on any atom is 0.409 e. The van der Waals surface area contributed by atoms with Crippen LogP contribution in [0.3, 0.4) is 0 Å². The fourth-order valence-electron chi connectivity index (χ4n) is 4.01. The number of anilines is 3. The highest BCUT2D eigenvalue weighted by Crippen LogP contribution is 2.48. The summed E-state index contributed by atoms with van der Waals surface area (Å²) in [5.74, 6) is -2.61. The molecule has 4 rings (SSSR count). The zero-order valence-corrected chi connectivity index (χ0v) is 17.9. The van der Waals surface area contributed by atoms with Crippen LogP contribution < -0.4 is 15.1 Å². The Hall–Kier alpha value is -3.59. The normalized spacial score (nSPS) is 17.2. The lowest BCUT2D eigenvalue weighted by Gasteiger charge is -2.43. The van der Waals surface area contributed by atoms with E-state index in [1.165, 1.54) is 24.0 Å². The number of nitrogens with one attached hydrogen (secondary N) is 1. The first-order valence-corrected chi connectivity index (χ1v) is 10.1. The van der Waals surface area contributed by atoms with Gasteiger partial charge in [-0.2, -0.15) is 13.2 Å². The molecule has 33 heavy (non-hydrogen) atoms. The zero-order valence-electron chi connectivity index (χ0n) is 17.0. The van der Waals surface area contributed by atoms with E-state index in [9.17, 15) is 27.2 Å². The fourth-order valence-corrected chi connectivity index (χ4v) is 4.48. The molecular formula is C21H15F4N5O2S. The minimum atomic E-state index is -4.86. The Balaban J connectivity index is 1.79. The fraction of sp³-hybridized carbons (Fsp3) is 0.286. The molecule has 2 aliphatic rings. The molecule has 1 N–H and O–H groups in total. The third-order valence-corrected chi connectivity index (χ3v) is 6.00. The highest BCUT2D eigenvalue weighted by atomic mass is 32.1. The average Bonchev–Trinajstić information content (AvgIpc) is 2.95. The molecule has 2 amide bonds. The van der Waals surface area contributed by atoms with Gasteiger partial charge in [0, 0.05) is 12.6 Å². The van der Waals surface area contributed by atoms with Crippen LogP contribution >= 0.6 is 12.2 Å². The lowest BCUT2D eigenvalue weighted by Crippen LogP contribution is -2.55. The Morgan fingerprint density at radius 2 is 1.97 bits per heavy atom. The summed E-state index contributed by atoms with van der Waals surface area (Å²) >= 11 is 5.47. The number of aromatic nitrogens is 1. The van der Waals surface area contributed by atoms with Gasteiger partial charge in [0.1, 0.15) is 17.6 Å². The van der Waals surface area contributed by atoms with Gasteiger partial charge in [0.25, 0.3) is 11.7 Å². The maximum absolute atomic E-state index is 14.6. The number of benzene rings is 1. The lowest BCUT2D eigenvalue weighted by molar-refractivity contribution is -0.137. The molecule has 2 fully saturated rings. The van der Waals surface area contributed by atoms with Crippen LogP contribution in [-0.2, 0) is 15.8 Å². The second-order valence-corrected chi connectivity index (χ2v) is 8.03. The summed E-state index contributed by atoms with van der Waals surface area (Å²) in [5.41, 5.74) is -2.50. The van der Waals surface area contributed by atoms with Crippen molar-refractivity contribution in [1.29, 1.82) is 0 Å². The second kappa shape index (κ2) is 7.77. The van der Waals surface area contributed by atoms with E-state index >= 15 is 0 Å². The number of rotatable bonds is 3. The number of halogens is 4. The predicted molar refractivity (Wildman–Crippen MR) is 115 cm³/mol. The van der Waals surface area contributed by atoms with Crippen molar-refractivity contribution in [2.75, 3.05) is 15.1 Å². The Bertz CT molecular complexity index is 1240. The van der Waals surface area contributed by atoms with E-state index in [2.05, 4.69) is 15.1 Å². The summed E-state index contributed by atoms with van der Waals surface area (Å²) in [6.07, 6.45) is -2.45. The Labute approximate surface area is 190 Å². The van der Waals surface area contributed by atoms with Gasteiger partial charge in [0.05, 0.1) is 16.9 Å². The molecule has 1 aliphatic carbocycles. The first-order valence-electron chi connectivity index (χ1n) is 9.70. The highest BCUT2D eigenvalue weighted by molar-refractivity contribution is 7.81. The lowest BCUT2D eigenvalue weighted by atomic mass is 9.75. The van der Waals surface area contributed by atoms with Crippen molar-refractivity contribution in [3.05, 3.63) is 53.3 Å². The summed E-state index contributed by atoms with van der Waals surface area (Å²) in [6, 6.07) is 4.57. The van der Waals surface area contributed by atoms with Crippen LogP contribution in [0, 0.1) is 12.4 Å². The van der Waals surface area contributed by atoms with Gasteiger partial charge < -0.3 is 15.1 Å².